The lowest BCUT2D eigenvalue weighted by molar-refractivity contribution is -0.114. The number of aliphatic imine (C=N–C) groups is 5. The number of benzene rings is 5. The predicted molar refractivity (Wildman–Crippen MR) is 485 cm³/mol. The maximum absolute atomic E-state index is 12.3. The molecule has 35 heteroatoms. The Balaban J connectivity index is 0.000000138. The average Bonchev–Trinajstić information content (AvgIpc) is 1.70. The molecule has 5 saturated heterocycles. The van der Waals surface area contributed by atoms with Gasteiger partial charge in [0, 0.05) is 169 Å². The Labute approximate surface area is 729 Å². The minimum atomic E-state index is -0.250. The number of carbonyl (C=O) groups is 5. The Morgan fingerprint density at radius 3 is 0.867 bits per heavy atom. The van der Waals surface area contributed by atoms with E-state index in [9.17, 15) is 24.0 Å². The number of rotatable bonds is 17. The molecule has 5 amide bonds. The van der Waals surface area contributed by atoms with Crippen LogP contribution in [0.5, 0.6) is 5.75 Å². The third kappa shape index (κ3) is 26.9. The number of ether oxygens (including phenoxy) is 1. The molecule has 0 bridgehead atoms. The van der Waals surface area contributed by atoms with Gasteiger partial charge in [-0.3, -0.25) is 48.5 Å². The molecule has 0 aliphatic carbocycles. The fourth-order valence-corrected chi connectivity index (χ4v) is 18.6. The maximum atomic E-state index is 12.3. The molecule has 11 heterocycles. The topological polar surface area (TPSA) is 316 Å². The van der Waals surface area contributed by atoms with E-state index in [1.54, 1.807) is 37.5 Å². The molecule has 0 unspecified atom stereocenters. The number of β-amino-alcohol motifs (C(OH)–C–C–N with tert-alkyl or cyclic N) is 5. The molecule has 0 saturated carbocycles. The molecular formula is C85H97Cl2N17O11S5. The maximum Gasteiger partial charge on any atom is 0.286 e. The summed E-state index contributed by atoms with van der Waals surface area (Å²) in [5.74, 6) is -0.132. The van der Waals surface area contributed by atoms with Crippen molar-refractivity contribution in [3.63, 3.8) is 0 Å². The molecule has 0 atom stereocenters. The van der Waals surface area contributed by atoms with Gasteiger partial charge in [0.05, 0.1) is 70.4 Å². The van der Waals surface area contributed by atoms with Crippen LogP contribution in [0.4, 0.5) is 0 Å². The minimum absolute atomic E-state index is 0.151. The highest BCUT2D eigenvalue weighted by molar-refractivity contribution is 8.19. The number of aliphatic hydroxyl groups is 5. The molecule has 5 fully saturated rings. The fraction of sp³-hybridized carbons (Fsp3) is 0.365. The molecule has 6 aromatic rings. The van der Waals surface area contributed by atoms with Crippen LogP contribution in [0.1, 0.15) is 27.9 Å². The van der Waals surface area contributed by atoms with E-state index in [1.165, 1.54) is 64.4 Å². The number of amides is 5. The lowest BCUT2D eigenvalue weighted by Crippen LogP contribution is -2.48. The monoisotopic (exact) mass is 1760 g/mol. The molecule has 5 aromatic carbocycles. The summed E-state index contributed by atoms with van der Waals surface area (Å²) in [6.07, 6.45) is 9.20. The predicted octanol–water partition coefficient (Wildman–Crippen LogP) is 8.11. The van der Waals surface area contributed by atoms with Crippen LogP contribution in [0.25, 0.3) is 41.5 Å². The summed E-state index contributed by atoms with van der Waals surface area (Å²) in [4.78, 5) is 107. The third-order valence-corrected chi connectivity index (χ3v) is 25.9. The molecular weight excluding hydrogens is 1670 g/mol. The molecule has 28 nitrogen and oxygen atoms in total. The smallest absolute Gasteiger partial charge is 0.286 e. The van der Waals surface area contributed by atoms with Gasteiger partial charge in [-0.15, -0.1) is 10.2 Å². The van der Waals surface area contributed by atoms with E-state index < -0.39 is 0 Å². The van der Waals surface area contributed by atoms with Gasteiger partial charge in [-0.1, -0.05) is 132 Å². The van der Waals surface area contributed by atoms with Crippen molar-refractivity contribution in [2.24, 2.45) is 25.0 Å². The largest absolute Gasteiger partial charge is 0.497 e. The molecule has 632 valence electrons. The van der Waals surface area contributed by atoms with Crippen molar-refractivity contribution < 1.29 is 54.2 Å². The average molecular weight is 1760 g/mol. The number of carbonyl (C=O) groups excluding carboxylic acids is 5. The van der Waals surface area contributed by atoms with Gasteiger partial charge in [0.1, 0.15) is 5.75 Å². The summed E-state index contributed by atoms with van der Waals surface area (Å²) < 4.78 is 5.14. The second-order valence-corrected chi connectivity index (χ2v) is 34.2. The van der Waals surface area contributed by atoms with Gasteiger partial charge in [0.2, 0.25) is 0 Å². The Hall–Kier alpha value is -8.69. The lowest BCUT2D eigenvalue weighted by Gasteiger charge is -2.34. The second kappa shape index (κ2) is 46.5. The van der Waals surface area contributed by atoms with E-state index in [-0.39, 0.29) is 62.6 Å². The molecule has 0 spiro atoms. The van der Waals surface area contributed by atoms with E-state index in [1.807, 2.05) is 121 Å². The van der Waals surface area contributed by atoms with Crippen molar-refractivity contribution in [2.75, 3.05) is 204 Å². The van der Waals surface area contributed by atoms with Crippen LogP contribution in [0, 0.1) is 0 Å². The Bertz CT molecular complexity index is 4690. The van der Waals surface area contributed by atoms with Gasteiger partial charge in [0.15, 0.2) is 31.0 Å². The second-order valence-electron chi connectivity index (χ2n) is 28.3. The van der Waals surface area contributed by atoms with Crippen LogP contribution in [0.2, 0.25) is 10.2 Å². The fourth-order valence-electron chi connectivity index (χ4n) is 13.5. The highest BCUT2D eigenvalue weighted by Crippen LogP contribution is 2.37. The Kier molecular flexibility index (Phi) is 35.1. The van der Waals surface area contributed by atoms with Crippen molar-refractivity contribution in [1.29, 1.82) is 0 Å². The first kappa shape index (κ1) is 90.5. The minimum Gasteiger partial charge on any atom is -0.497 e. The van der Waals surface area contributed by atoms with Gasteiger partial charge in [-0.25, -0.2) is 0 Å². The van der Waals surface area contributed by atoms with E-state index in [4.69, 9.17) is 53.5 Å². The first-order chi connectivity index (χ1) is 58.5. The summed E-state index contributed by atoms with van der Waals surface area (Å²) in [7, 11) is 1.63. The van der Waals surface area contributed by atoms with Gasteiger partial charge in [-0.2, -0.15) is 25.0 Å². The molecule has 120 heavy (non-hydrogen) atoms. The summed E-state index contributed by atoms with van der Waals surface area (Å²) in [5.41, 5.74) is 6.83. The van der Waals surface area contributed by atoms with Crippen molar-refractivity contribution in [3.05, 3.63) is 208 Å². The normalized spacial score (nSPS) is 20.7. The first-order valence-electron chi connectivity index (χ1n) is 39.6. The van der Waals surface area contributed by atoms with E-state index >= 15 is 0 Å². The summed E-state index contributed by atoms with van der Waals surface area (Å²) >= 11 is 18.7. The number of amidine groups is 5. The van der Waals surface area contributed by atoms with E-state index in [0.717, 1.165) is 190 Å². The van der Waals surface area contributed by atoms with Gasteiger partial charge < -0.3 is 54.8 Å². The number of aliphatic hydroxyl groups excluding tert-OH is 5. The van der Waals surface area contributed by atoms with Crippen molar-refractivity contribution in [2.45, 2.75) is 0 Å². The SMILES string of the molecule is COc1ccc(/C=C2\SC(N3CCN(CCO)CC3)=NC2=O)cc1.O=C1N=C(N2CCN(CCO)CC2)S/C1=C\c1ccc(-c2ccccc2)cc1.O=C1N=C(N2CCN(CCO)CC2)S/C1=C\c1ccc(Cl)cc1.O=C1N=C(N2CCN(CCO)CC2)S/C1=C\c1ccc(Cl)nn1.O=C1N=C(N2CCN(CCO)CC2)S/C1=C\c1ccccc1. The number of nitrogens with zero attached hydrogens (tertiary/aromatic N) is 17. The number of piperazine rings is 5. The number of methoxy groups -OCH3 is 1. The van der Waals surface area contributed by atoms with Crippen molar-refractivity contribution in [3.8, 4) is 16.9 Å². The number of thioether (sulfide) groups is 5. The van der Waals surface area contributed by atoms with Crippen LogP contribution in [0.15, 0.2) is 195 Å². The number of halogens is 2. The number of aromatic nitrogens is 2. The number of hydrogen-bond acceptors (Lipinski definition) is 28. The zero-order valence-corrected chi connectivity index (χ0v) is 72.1. The molecule has 10 aliphatic heterocycles. The van der Waals surface area contributed by atoms with Gasteiger partial charge in [0.25, 0.3) is 29.5 Å². The Morgan fingerprint density at radius 2 is 0.583 bits per heavy atom. The van der Waals surface area contributed by atoms with E-state index in [0.29, 0.717) is 73.1 Å². The van der Waals surface area contributed by atoms with Crippen molar-refractivity contribution >= 4 is 168 Å². The Morgan fingerprint density at radius 1 is 0.317 bits per heavy atom. The summed E-state index contributed by atoms with van der Waals surface area (Å²) in [5, 5.41) is 57.5. The zero-order chi connectivity index (χ0) is 84.1. The van der Waals surface area contributed by atoms with Crippen LogP contribution < -0.4 is 4.74 Å². The van der Waals surface area contributed by atoms with E-state index in [2.05, 4.69) is 108 Å². The summed E-state index contributed by atoms with van der Waals surface area (Å²) in [6, 6.07) is 46.6. The zero-order valence-electron chi connectivity index (χ0n) is 66.5. The first-order valence-corrected chi connectivity index (χ1v) is 44.5. The quantitative estimate of drug-likeness (QED) is 0.0538. The number of hydrogen-bond donors (Lipinski definition) is 5. The molecule has 1 aromatic heterocycles. The highest BCUT2D eigenvalue weighted by Gasteiger charge is 2.34. The van der Waals surface area contributed by atoms with Crippen LogP contribution in [-0.4, -0.2) is 344 Å². The van der Waals surface area contributed by atoms with Crippen LogP contribution >= 0.6 is 82.0 Å². The standard InChI is InChI=1S/C22H23N3O2S.C17H21N3O3S.C16H18ClN3O2S.C16H19N3O2S.C14H16ClN5O2S/c26-15-14-24-10-12-25(13-11-24)22-23-21(27)20(28-22)16-17-6-8-19(9-7-17)18-4-2-1-3-5-18;1-23-14-4-2-13(3-5-14)12-15-16(22)18-17(24-15)20-8-6-19(7-9-20)10-11-21;17-13-3-1-12(2-4-13)11-14-15(22)18-16(23-14)20-7-5-19(6-8-20)9-10-21;20-11-10-18-6-8-19(9-7-18)16-17-15(21)14(22-16)12-13-4-2-1-3-5-13;15-12-2-1-10(17-18-12)9-11-13(22)16-14(23-11)20-5-3-19(4-6-20)7-8-21/h1-9,16,26H,10-15H2;2-5,12,21H,6-11H2,1H3;1-4,11,21H,5-10H2;1-5,12,20H,6-11H2;1-2,9,21H,3-8H2/b20-16-;15-12-;14-11-;14-12-;11-9-. The van der Waals surface area contributed by atoms with Crippen molar-refractivity contribution in [1.82, 2.24) is 59.2 Å². The lowest BCUT2D eigenvalue weighted by atomic mass is 10.0. The molecule has 0 radical (unpaired) electrons. The van der Waals surface area contributed by atoms with Gasteiger partial charge in [-0.05, 0) is 159 Å². The molecule has 10 aliphatic rings. The van der Waals surface area contributed by atoms with Crippen LogP contribution in [-0.2, 0) is 24.0 Å². The highest BCUT2D eigenvalue weighted by atomic mass is 35.5. The third-order valence-electron chi connectivity index (χ3n) is 20.3. The molecule has 5 N–H and O–H groups in total. The van der Waals surface area contributed by atoms with Crippen LogP contribution in [0.3, 0.4) is 0 Å². The molecule has 16 rings (SSSR count). The summed E-state index contributed by atoms with van der Waals surface area (Å²) in [6.45, 7) is 21.5. The van der Waals surface area contributed by atoms with Gasteiger partial charge >= 0.3 is 0 Å².